The molecule has 0 bridgehead atoms. The quantitative estimate of drug-likeness (QED) is 0.547. The van der Waals surface area contributed by atoms with Gasteiger partial charge in [0.15, 0.2) is 5.82 Å². The van der Waals surface area contributed by atoms with Crippen LogP contribution in [0.5, 0.6) is 0 Å². The number of pyridine rings is 1. The molecule has 1 aliphatic heterocycles. The molecule has 0 fully saturated rings. The molecule has 3 aromatic heterocycles. The van der Waals surface area contributed by atoms with E-state index in [1.165, 1.54) is 12.3 Å². The minimum absolute atomic E-state index is 0.0543. The molecule has 0 saturated heterocycles. The van der Waals surface area contributed by atoms with Crippen LogP contribution >= 0.6 is 0 Å². The predicted molar refractivity (Wildman–Crippen MR) is 128 cm³/mol. The number of nitrogens with one attached hydrogen (secondary N) is 2. The smallest absolute Gasteiger partial charge is 0.347 e. The first-order chi connectivity index (χ1) is 17.0. The molecule has 36 heavy (non-hydrogen) atoms. The average Bonchev–Trinajstić information content (AvgIpc) is 3.35. The van der Waals surface area contributed by atoms with E-state index in [-0.39, 0.29) is 23.9 Å². The number of amides is 1. The van der Waals surface area contributed by atoms with Gasteiger partial charge in [0, 0.05) is 25.0 Å². The van der Waals surface area contributed by atoms with Gasteiger partial charge in [-0.25, -0.2) is 4.98 Å². The van der Waals surface area contributed by atoms with Crippen molar-refractivity contribution in [3.05, 3.63) is 52.7 Å². The molecule has 0 unspecified atom stereocenters. The number of aromatic nitrogens is 5. The Kier molecular flexibility index (Phi) is 5.84. The van der Waals surface area contributed by atoms with Gasteiger partial charge in [-0.2, -0.15) is 23.3 Å². The first-order valence-corrected chi connectivity index (χ1v) is 11.8. The van der Waals surface area contributed by atoms with E-state index in [0.717, 1.165) is 30.2 Å². The number of carbonyl (C=O) groups excluding carboxylic acids is 1. The number of aryl methyl sites for hydroxylation is 2. The van der Waals surface area contributed by atoms with E-state index in [9.17, 15) is 18.0 Å². The Balaban J connectivity index is 1.34. The third-order valence-electron chi connectivity index (χ3n) is 6.65. The molecule has 12 heteroatoms. The van der Waals surface area contributed by atoms with Crippen LogP contribution in [0.1, 0.15) is 54.5 Å². The number of alkyl halides is 3. The molecule has 2 atom stereocenters. The number of hydrogen-bond donors (Lipinski definition) is 2. The Hall–Kier alpha value is -3.70. The molecule has 5 rings (SSSR count). The van der Waals surface area contributed by atoms with Crippen LogP contribution in [0.4, 0.5) is 30.6 Å². The minimum atomic E-state index is -4.46. The van der Waals surface area contributed by atoms with Crippen molar-refractivity contribution in [3.63, 3.8) is 0 Å². The molecule has 3 aromatic rings. The number of anilines is 3. The maximum atomic E-state index is 12.8. The number of carbonyl (C=O) groups is 1. The standard InChI is InChI=1S/C24H27F3N8O/c1-12(2)20-22(36)31-19-13(3)29-23(32-21(19)34(20)4)30-16-6-7-17-15(16)11-35(33-17)10-14-5-8-18(28-9-14)24(25,26)27/h5,8-9,11-12,16,20H,6-7,10H2,1-4H3,(H,31,36)(H,29,30,32)/t16-,20+/m1/s1. The normalized spacial score (nSPS) is 19.3. The van der Waals surface area contributed by atoms with Gasteiger partial charge in [-0.1, -0.05) is 19.9 Å². The molecule has 9 nitrogen and oxygen atoms in total. The van der Waals surface area contributed by atoms with Crippen molar-refractivity contribution in [1.82, 2.24) is 24.7 Å². The van der Waals surface area contributed by atoms with Crippen molar-refractivity contribution in [2.45, 2.75) is 58.4 Å². The summed E-state index contributed by atoms with van der Waals surface area (Å²) < 4.78 is 40.0. The molecule has 190 valence electrons. The van der Waals surface area contributed by atoms with Crippen LogP contribution in [-0.2, 0) is 23.9 Å². The van der Waals surface area contributed by atoms with Crippen LogP contribution < -0.4 is 15.5 Å². The third kappa shape index (κ3) is 4.35. The fourth-order valence-electron chi connectivity index (χ4n) is 4.94. The molecule has 4 heterocycles. The van der Waals surface area contributed by atoms with Crippen molar-refractivity contribution in [3.8, 4) is 0 Å². The lowest BCUT2D eigenvalue weighted by molar-refractivity contribution is -0.141. The van der Waals surface area contributed by atoms with E-state index in [4.69, 9.17) is 4.98 Å². The summed E-state index contributed by atoms with van der Waals surface area (Å²) in [6.45, 7) is 6.15. The maximum absolute atomic E-state index is 12.8. The highest BCUT2D eigenvalue weighted by Crippen LogP contribution is 2.37. The van der Waals surface area contributed by atoms with E-state index >= 15 is 0 Å². The number of fused-ring (bicyclic) bond motifs is 2. The summed E-state index contributed by atoms with van der Waals surface area (Å²) in [4.78, 5) is 27.3. The van der Waals surface area contributed by atoms with E-state index in [1.54, 1.807) is 4.68 Å². The first kappa shape index (κ1) is 24.0. The fraction of sp³-hybridized carbons (Fsp3) is 0.458. The Bertz CT molecular complexity index is 1300. The Morgan fingerprint density at radius 3 is 2.69 bits per heavy atom. The molecule has 2 aliphatic rings. The summed E-state index contributed by atoms with van der Waals surface area (Å²) in [5.41, 5.74) is 2.96. The van der Waals surface area contributed by atoms with Gasteiger partial charge in [0.2, 0.25) is 11.9 Å². The highest BCUT2D eigenvalue weighted by molar-refractivity contribution is 6.03. The highest BCUT2D eigenvalue weighted by atomic mass is 19.4. The number of rotatable bonds is 5. The van der Waals surface area contributed by atoms with Crippen LogP contribution in [0.3, 0.4) is 0 Å². The van der Waals surface area contributed by atoms with Crippen LogP contribution in [0.2, 0.25) is 0 Å². The van der Waals surface area contributed by atoms with E-state index in [1.807, 2.05) is 38.9 Å². The lowest BCUT2D eigenvalue weighted by Crippen LogP contribution is -2.49. The summed E-state index contributed by atoms with van der Waals surface area (Å²) in [6.07, 6.45) is 0.262. The zero-order valence-electron chi connectivity index (χ0n) is 20.4. The fourth-order valence-corrected chi connectivity index (χ4v) is 4.94. The topological polar surface area (TPSA) is 101 Å². The second-order valence-corrected chi connectivity index (χ2v) is 9.63. The predicted octanol–water partition coefficient (Wildman–Crippen LogP) is 3.96. The van der Waals surface area contributed by atoms with Gasteiger partial charge in [-0.3, -0.25) is 14.5 Å². The number of likely N-dealkylation sites (N-methyl/N-ethyl adjacent to an activating group) is 1. The lowest BCUT2D eigenvalue weighted by atomic mass is 9.99. The van der Waals surface area contributed by atoms with E-state index in [0.29, 0.717) is 35.3 Å². The van der Waals surface area contributed by atoms with Crippen molar-refractivity contribution < 1.29 is 18.0 Å². The third-order valence-corrected chi connectivity index (χ3v) is 6.65. The van der Waals surface area contributed by atoms with E-state index < -0.39 is 11.9 Å². The van der Waals surface area contributed by atoms with Crippen molar-refractivity contribution >= 4 is 23.4 Å². The zero-order valence-corrected chi connectivity index (χ0v) is 20.4. The van der Waals surface area contributed by atoms with E-state index in [2.05, 4.69) is 25.7 Å². The van der Waals surface area contributed by atoms with Crippen molar-refractivity contribution in [2.24, 2.45) is 5.92 Å². The molecule has 1 amide bonds. The SMILES string of the molecule is Cc1nc(N[C@@H]2CCc3nn(Cc4ccc(C(F)(F)F)nc4)cc32)nc2c1NC(=O)[C@H](C(C)C)N2C. The van der Waals surface area contributed by atoms with Crippen molar-refractivity contribution in [1.29, 1.82) is 0 Å². The molecule has 0 saturated carbocycles. The first-order valence-electron chi connectivity index (χ1n) is 11.8. The number of halogens is 3. The van der Waals surface area contributed by atoms with Crippen LogP contribution in [0.15, 0.2) is 24.5 Å². The monoisotopic (exact) mass is 500 g/mol. The lowest BCUT2D eigenvalue weighted by Gasteiger charge is -2.37. The van der Waals surface area contributed by atoms with Gasteiger partial charge in [0.1, 0.15) is 17.4 Å². The Labute approximate surface area is 206 Å². The van der Waals surface area contributed by atoms with Gasteiger partial charge in [0.05, 0.1) is 24.0 Å². The van der Waals surface area contributed by atoms with Crippen LogP contribution in [0, 0.1) is 12.8 Å². The summed E-state index contributed by atoms with van der Waals surface area (Å²) >= 11 is 0. The van der Waals surface area contributed by atoms with Gasteiger partial charge in [-0.05, 0) is 37.3 Å². The number of hydrogen-bond acceptors (Lipinski definition) is 7. The second-order valence-electron chi connectivity index (χ2n) is 9.63. The molecular formula is C24H27F3N8O. The summed E-state index contributed by atoms with van der Waals surface area (Å²) in [6, 6.07) is 2.02. The molecule has 1 aliphatic carbocycles. The van der Waals surface area contributed by atoms with Gasteiger partial charge in [0.25, 0.3) is 0 Å². The average molecular weight is 501 g/mol. The van der Waals surface area contributed by atoms with Gasteiger partial charge in [-0.15, -0.1) is 0 Å². The second kappa shape index (κ2) is 8.75. The Morgan fingerprint density at radius 2 is 2.03 bits per heavy atom. The maximum Gasteiger partial charge on any atom is 0.433 e. The molecular weight excluding hydrogens is 473 g/mol. The summed E-state index contributed by atoms with van der Waals surface area (Å²) in [7, 11) is 1.87. The Morgan fingerprint density at radius 1 is 1.25 bits per heavy atom. The molecule has 0 radical (unpaired) electrons. The summed E-state index contributed by atoms with van der Waals surface area (Å²) in [5, 5.41) is 11.0. The van der Waals surface area contributed by atoms with Crippen molar-refractivity contribution in [2.75, 3.05) is 22.6 Å². The largest absolute Gasteiger partial charge is 0.433 e. The molecule has 0 aromatic carbocycles. The molecule has 2 N–H and O–H groups in total. The summed E-state index contributed by atoms with van der Waals surface area (Å²) in [5.74, 6) is 1.18. The number of nitrogens with zero attached hydrogens (tertiary/aromatic N) is 6. The van der Waals surface area contributed by atoms with Crippen LogP contribution in [0.25, 0.3) is 0 Å². The van der Waals surface area contributed by atoms with Gasteiger partial charge >= 0.3 is 6.18 Å². The van der Waals surface area contributed by atoms with Crippen LogP contribution in [-0.4, -0.2) is 43.7 Å². The highest BCUT2D eigenvalue weighted by Gasteiger charge is 2.36. The van der Waals surface area contributed by atoms with Gasteiger partial charge < -0.3 is 15.5 Å². The zero-order chi connectivity index (χ0) is 25.8. The molecule has 0 spiro atoms. The minimum Gasteiger partial charge on any atom is -0.347 e.